The summed E-state index contributed by atoms with van der Waals surface area (Å²) in [6.45, 7) is 5.15. The van der Waals surface area contributed by atoms with Crippen molar-refractivity contribution in [3.05, 3.63) is 59.0 Å². The molecule has 1 heteroatoms. The molecule has 0 aromatic rings. The first-order valence-corrected chi connectivity index (χ1v) is 3.50. The molecule has 0 aliphatic rings. The van der Waals surface area contributed by atoms with Crippen molar-refractivity contribution in [1.82, 2.24) is 0 Å². The lowest BCUT2D eigenvalue weighted by atomic mass is 10.7. The van der Waals surface area contributed by atoms with Gasteiger partial charge in [0.25, 0.3) is 0 Å². The van der Waals surface area contributed by atoms with Crippen molar-refractivity contribution >= 4 is 5.87 Å². The molecular weight excluding hydrogens is 158 g/mol. The molecule has 0 radical (unpaired) electrons. The van der Waals surface area contributed by atoms with Crippen molar-refractivity contribution in [2.75, 3.05) is 0 Å². The maximum absolute atomic E-state index is 3.69. The second-order valence-corrected chi connectivity index (χ2v) is 1.65. The van der Waals surface area contributed by atoms with Crippen molar-refractivity contribution in [3.8, 4) is 0 Å². The van der Waals surface area contributed by atoms with Crippen LogP contribution in [0.25, 0.3) is 0 Å². The molecule has 0 atom stereocenters. The molecule has 0 rings (SSSR count). The number of hydrogen-bond acceptors (Lipinski definition) is 1. The predicted octanol–water partition coefficient (Wildman–Crippen LogP) is 2.46. The molecule has 1 nitrogen and oxygen atoms in total. The van der Waals surface area contributed by atoms with E-state index in [-0.39, 0.29) is 0 Å². The highest BCUT2D eigenvalue weighted by molar-refractivity contribution is 5.50. The largest absolute Gasteiger partial charge is 0.205 e. The van der Waals surface area contributed by atoms with Crippen molar-refractivity contribution in [1.29, 1.82) is 0 Å². The van der Waals surface area contributed by atoms with Gasteiger partial charge in [0.1, 0.15) is 0 Å². The van der Waals surface area contributed by atoms with Crippen LogP contribution >= 0.6 is 0 Å². The molecule has 13 heavy (non-hydrogen) atoms. The number of nitrogens with zero attached hydrogens (tertiary/aromatic N) is 1. The standard InChI is InChI=1S/C12H7N/c1-3-5-6-7-8-9-10-12-13-11-4-2/h4,11H,1H2,2H3. The minimum Gasteiger partial charge on any atom is -0.205 e. The van der Waals surface area contributed by atoms with Crippen LogP contribution < -0.4 is 0 Å². The summed E-state index contributed by atoms with van der Waals surface area (Å²) in [6.07, 6.45) is 3.38. The van der Waals surface area contributed by atoms with Crippen molar-refractivity contribution in [2.24, 2.45) is 4.99 Å². The van der Waals surface area contributed by atoms with Crippen LogP contribution in [0.1, 0.15) is 6.92 Å². The van der Waals surface area contributed by atoms with E-state index >= 15 is 0 Å². The lowest BCUT2D eigenvalue weighted by molar-refractivity contribution is 1.56. The van der Waals surface area contributed by atoms with E-state index < -0.39 is 0 Å². The van der Waals surface area contributed by atoms with Gasteiger partial charge in [-0.15, -0.1) is 0 Å². The van der Waals surface area contributed by atoms with E-state index in [1.54, 1.807) is 12.3 Å². The zero-order valence-corrected chi connectivity index (χ0v) is 7.31. The highest BCUT2D eigenvalue weighted by Gasteiger charge is 1.48. The Labute approximate surface area is 77.4 Å². The molecule has 0 N–H and O–H groups in total. The molecule has 0 unspecified atom stereocenters. The van der Waals surface area contributed by atoms with Gasteiger partial charge < -0.3 is 0 Å². The van der Waals surface area contributed by atoms with Gasteiger partial charge in [-0.2, -0.15) is 0 Å². The van der Waals surface area contributed by atoms with Gasteiger partial charge in [-0.25, -0.2) is 4.99 Å². The van der Waals surface area contributed by atoms with E-state index in [9.17, 15) is 0 Å². The van der Waals surface area contributed by atoms with E-state index in [1.165, 1.54) is 0 Å². The van der Waals surface area contributed by atoms with E-state index in [1.807, 2.05) is 6.92 Å². The molecule has 0 aliphatic carbocycles. The van der Waals surface area contributed by atoms with E-state index in [0.717, 1.165) is 0 Å². The molecule has 0 aromatic heterocycles. The molecule has 0 heterocycles. The maximum atomic E-state index is 3.69. The fraction of sp³-hybridized carbons (Fsp3) is 0.0833. The highest BCUT2D eigenvalue weighted by Crippen LogP contribution is 1.66. The Hall–Kier alpha value is -2.35. The molecule has 0 bridgehead atoms. The van der Waals surface area contributed by atoms with Crippen LogP contribution in [0.5, 0.6) is 0 Å². The van der Waals surface area contributed by atoms with Gasteiger partial charge in [0.2, 0.25) is 0 Å². The third kappa shape index (κ3) is 9.65. The zero-order chi connectivity index (χ0) is 9.78. The molecule has 0 saturated carbocycles. The van der Waals surface area contributed by atoms with Gasteiger partial charge in [-0.3, -0.25) is 0 Å². The molecule has 0 saturated heterocycles. The number of rotatable bonds is 1. The summed E-state index contributed by atoms with van der Waals surface area (Å²) < 4.78 is 0. The maximum Gasteiger partial charge on any atom is 0.0481 e. The van der Waals surface area contributed by atoms with Gasteiger partial charge >= 0.3 is 0 Å². The Morgan fingerprint density at radius 3 is 2.23 bits per heavy atom. The molecule has 0 aliphatic heterocycles. The summed E-state index contributed by atoms with van der Waals surface area (Å²) in [7, 11) is 0. The first kappa shape index (κ1) is 10.7. The summed E-state index contributed by atoms with van der Waals surface area (Å²) in [6, 6.07) is 0. The van der Waals surface area contributed by atoms with Gasteiger partial charge in [-0.05, 0) is 30.7 Å². The van der Waals surface area contributed by atoms with Gasteiger partial charge in [-0.1, -0.05) is 11.8 Å². The van der Waals surface area contributed by atoms with Crippen LogP contribution in [0.15, 0.2) is 64.0 Å². The summed E-state index contributed by atoms with van der Waals surface area (Å²) in [5.41, 5.74) is 17.3. The number of allylic oxidation sites excluding steroid dienone is 1. The molecule has 60 valence electrons. The van der Waals surface area contributed by atoms with Gasteiger partial charge in [0.15, 0.2) is 0 Å². The van der Waals surface area contributed by atoms with Gasteiger partial charge in [0, 0.05) is 29.3 Å². The van der Waals surface area contributed by atoms with Crippen LogP contribution in [0.2, 0.25) is 0 Å². The third-order valence-corrected chi connectivity index (χ3v) is 0.745. The van der Waals surface area contributed by atoms with Crippen molar-refractivity contribution in [2.45, 2.75) is 6.92 Å². The SMILES string of the molecule is C=C=C=C=C=C=C=C=C=NC=CC. The van der Waals surface area contributed by atoms with Gasteiger partial charge in [0.05, 0.1) is 0 Å². The first-order chi connectivity index (χ1) is 6.41. The normalized spacial score (nSPS) is 5.92. The summed E-state index contributed by atoms with van der Waals surface area (Å²) >= 11 is 0. The predicted molar refractivity (Wildman–Crippen MR) is 52.5 cm³/mol. The quantitative estimate of drug-likeness (QED) is 0.418. The Morgan fingerprint density at radius 2 is 1.62 bits per heavy atom. The van der Waals surface area contributed by atoms with Crippen LogP contribution in [0.4, 0.5) is 0 Å². The lowest BCUT2D eigenvalue weighted by Gasteiger charge is -1.58. The second-order valence-electron chi connectivity index (χ2n) is 1.65. The van der Waals surface area contributed by atoms with Crippen LogP contribution in [-0.4, -0.2) is 5.87 Å². The van der Waals surface area contributed by atoms with Crippen molar-refractivity contribution < 1.29 is 0 Å². The minimum absolute atomic E-state index is 1.59. The lowest BCUT2D eigenvalue weighted by Crippen LogP contribution is -1.44. The summed E-state index contributed by atoms with van der Waals surface area (Å²) in [4.78, 5) is 3.69. The topological polar surface area (TPSA) is 12.4 Å². The third-order valence-electron chi connectivity index (χ3n) is 0.745. The molecule has 0 fully saturated rings. The minimum atomic E-state index is 1.59. The highest BCUT2D eigenvalue weighted by atomic mass is 14.6. The first-order valence-electron chi connectivity index (χ1n) is 3.50. The van der Waals surface area contributed by atoms with E-state index in [0.29, 0.717) is 0 Å². The Morgan fingerprint density at radius 1 is 1.00 bits per heavy atom. The second kappa shape index (κ2) is 9.65. The molecule has 0 amide bonds. The van der Waals surface area contributed by atoms with Crippen molar-refractivity contribution in [3.63, 3.8) is 0 Å². The van der Waals surface area contributed by atoms with E-state index in [4.69, 9.17) is 0 Å². The number of hydrogen-bond donors (Lipinski definition) is 0. The average molecular weight is 165 g/mol. The Bertz CT molecular complexity index is 471. The van der Waals surface area contributed by atoms with Crippen LogP contribution in [0, 0.1) is 0 Å². The molecular formula is C12H7N. The summed E-state index contributed by atoms with van der Waals surface area (Å²) in [5.74, 6) is 2.48. The van der Waals surface area contributed by atoms with Crippen LogP contribution in [-0.2, 0) is 0 Å². The summed E-state index contributed by atoms with van der Waals surface area (Å²) in [5, 5.41) is 0. The average Bonchev–Trinajstić information content (AvgIpc) is 2.16. The fourth-order valence-corrected chi connectivity index (χ4v) is 0.341. The van der Waals surface area contributed by atoms with Crippen LogP contribution in [0.3, 0.4) is 0 Å². The molecule has 0 spiro atoms. The number of aliphatic imine (C=N–C) groups is 1. The smallest absolute Gasteiger partial charge is 0.0481 e. The zero-order valence-electron chi connectivity index (χ0n) is 7.31. The Kier molecular flexibility index (Phi) is 7.91. The van der Waals surface area contributed by atoms with E-state index in [2.05, 4.69) is 57.6 Å². The fourth-order valence-electron chi connectivity index (χ4n) is 0.341. The monoisotopic (exact) mass is 165 g/mol. The Balaban J connectivity index is 5.01. The molecule has 0 aromatic carbocycles.